The maximum absolute atomic E-state index is 11.9. The molecule has 2 atom stereocenters. The number of benzene rings is 1. The second-order valence-electron chi connectivity index (χ2n) is 6.37. The van der Waals surface area contributed by atoms with E-state index in [1.807, 2.05) is 24.3 Å². The Morgan fingerprint density at radius 2 is 2.00 bits per heavy atom. The lowest BCUT2D eigenvalue weighted by Crippen LogP contribution is -2.39. The summed E-state index contributed by atoms with van der Waals surface area (Å²) in [5, 5.41) is 3.58. The van der Waals surface area contributed by atoms with Gasteiger partial charge in [0.15, 0.2) is 0 Å². The molecule has 2 unspecified atom stereocenters. The van der Waals surface area contributed by atoms with Crippen LogP contribution in [0.25, 0.3) is 0 Å². The van der Waals surface area contributed by atoms with E-state index >= 15 is 0 Å². The summed E-state index contributed by atoms with van der Waals surface area (Å²) in [5.41, 5.74) is 1.82. The summed E-state index contributed by atoms with van der Waals surface area (Å²) < 4.78 is 0. The quantitative estimate of drug-likeness (QED) is 0.925. The number of likely N-dealkylation sites (tertiary alicyclic amines) is 1. The minimum atomic E-state index is 0.0449. The standard InChI is InChI=1S/C17H27N3O/c1-13(15-6-5-11-20(4)12-15)18-16-9-7-14(8-10-16)17(21)19(2)3/h7-10,13,15,18H,5-6,11-12H2,1-4H3. The van der Waals surface area contributed by atoms with Gasteiger partial charge in [0.05, 0.1) is 0 Å². The van der Waals surface area contributed by atoms with E-state index in [9.17, 15) is 4.79 Å². The molecule has 4 heteroatoms. The Morgan fingerprint density at radius 3 is 2.57 bits per heavy atom. The topological polar surface area (TPSA) is 35.6 Å². The summed E-state index contributed by atoms with van der Waals surface area (Å²) in [5.74, 6) is 0.732. The molecule has 1 aliphatic heterocycles. The lowest BCUT2D eigenvalue weighted by atomic mass is 9.91. The number of nitrogens with one attached hydrogen (secondary N) is 1. The second kappa shape index (κ2) is 6.94. The van der Waals surface area contributed by atoms with Crippen LogP contribution in [0.1, 0.15) is 30.1 Å². The number of hydrogen-bond acceptors (Lipinski definition) is 3. The van der Waals surface area contributed by atoms with Crippen LogP contribution >= 0.6 is 0 Å². The lowest BCUT2D eigenvalue weighted by molar-refractivity contribution is 0.0827. The number of amides is 1. The molecule has 1 N–H and O–H groups in total. The fraction of sp³-hybridized carbons (Fsp3) is 0.588. The maximum Gasteiger partial charge on any atom is 0.253 e. The minimum Gasteiger partial charge on any atom is -0.382 e. The van der Waals surface area contributed by atoms with Gasteiger partial charge in [-0.1, -0.05) is 0 Å². The third-order valence-corrected chi connectivity index (χ3v) is 4.30. The largest absolute Gasteiger partial charge is 0.382 e. The van der Waals surface area contributed by atoms with Crippen molar-refractivity contribution in [2.45, 2.75) is 25.8 Å². The summed E-state index contributed by atoms with van der Waals surface area (Å²) in [4.78, 5) is 15.9. The predicted octanol–water partition coefficient (Wildman–Crippen LogP) is 2.53. The number of anilines is 1. The van der Waals surface area contributed by atoms with E-state index in [1.165, 1.54) is 19.4 Å². The molecule has 1 saturated heterocycles. The smallest absolute Gasteiger partial charge is 0.253 e. The Labute approximate surface area is 128 Å². The summed E-state index contributed by atoms with van der Waals surface area (Å²) in [6, 6.07) is 8.23. The molecule has 0 bridgehead atoms. The van der Waals surface area contributed by atoms with Gasteiger partial charge in [-0.2, -0.15) is 0 Å². The Kier molecular flexibility index (Phi) is 5.23. The van der Waals surface area contributed by atoms with E-state index in [4.69, 9.17) is 0 Å². The van der Waals surface area contributed by atoms with E-state index in [1.54, 1.807) is 19.0 Å². The highest BCUT2D eigenvalue weighted by Crippen LogP contribution is 2.22. The van der Waals surface area contributed by atoms with Crippen molar-refractivity contribution < 1.29 is 4.79 Å². The van der Waals surface area contributed by atoms with Crippen LogP contribution in [0.3, 0.4) is 0 Å². The van der Waals surface area contributed by atoms with Crippen LogP contribution in [0.15, 0.2) is 24.3 Å². The first-order chi connectivity index (χ1) is 9.97. The highest BCUT2D eigenvalue weighted by molar-refractivity contribution is 5.94. The van der Waals surface area contributed by atoms with Gasteiger partial charge in [0, 0.05) is 37.9 Å². The molecule has 1 fully saturated rings. The van der Waals surface area contributed by atoms with Crippen LogP contribution in [-0.4, -0.2) is 56.0 Å². The van der Waals surface area contributed by atoms with Crippen LogP contribution in [0.4, 0.5) is 5.69 Å². The van der Waals surface area contributed by atoms with Crippen molar-refractivity contribution in [2.75, 3.05) is 39.5 Å². The molecule has 1 aromatic rings. The van der Waals surface area contributed by atoms with Gasteiger partial charge in [-0.3, -0.25) is 4.79 Å². The van der Waals surface area contributed by atoms with Gasteiger partial charge >= 0.3 is 0 Å². The van der Waals surface area contributed by atoms with Crippen LogP contribution in [0, 0.1) is 5.92 Å². The first-order valence-corrected chi connectivity index (χ1v) is 7.74. The second-order valence-corrected chi connectivity index (χ2v) is 6.37. The van der Waals surface area contributed by atoms with Gasteiger partial charge < -0.3 is 15.1 Å². The molecule has 116 valence electrons. The zero-order valence-electron chi connectivity index (χ0n) is 13.6. The molecule has 0 aliphatic carbocycles. The minimum absolute atomic E-state index is 0.0449. The van der Waals surface area contributed by atoms with Crippen molar-refractivity contribution in [1.82, 2.24) is 9.80 Å². The van der Waals surface area contributed by atoms with E-state index < -0.39 is 0 Å². The van der Waals surface area contributed by atoms with Crippen molar-refractivity contribution >= 4 is 11.6 Å². The molecule has 0 aromatic heterocycles. The van der Waals surface area contributed by atoms with Crippen molar-refractivity contribution in [3.63, 3.8) is 0 Å². The average molecular weight is 289 g/mol. The van der Waals surface area contributed by atoms with E-state index in [0.717, 1.165) is 17.8 Å². The molecule has 1 amide bonds. The number of piperidine rings is 1. The third-order valence-electron chi connectivity index (χ3n) is 4.30. The van der Waals surface area contributed by atoms with Gasteiger partial charge in [0.25, 0.3) is 5.91 Å². The lowest BCUT2D eigenvalue weighted by Gasteiger charge is -2.34. The highest BCUT2D eigenvalue weighted by Gasteiger charge is 2.22. The summed E-state index contributed by atoms with van der Waals surface area (Å²) >= 11 is 0. The van der Waals surface area contributed by atoms with E-state index in [2.05, 4.69) is 24.2 Å². The number of carbonyl (C=O) groups excluding carboxylic acids is 1. The number of hydrogen-bond donors (Lipinski definition) is 1. The molecular weight excluding hydrogens is 262 g/mol. The summed E-state index contributed by atoms with van der Waals surface area (Å²) in [6.07, 6.45) is 2.57. The van der Waals surface area contributed by atoms with Crippen LogP contribution in [0.5, 0.6) is 0 Å². The van der Waals surface area contributed by atoms with E-state index in [0.29, 0.717) is 12.0 Å². The Bertz CT molecular complexity index is 469. The predicted molar refractivity (Wildman–Crippen MR) is 87.8 cm³/mol. The maximum atomic E-state index is 11.9. The Balaban J connectivity index is 1.95. The monoisotopic (exact) mass is 289 g/mol. The molecule has 0 radical (unpaired) electrons. The van der Waals surface area contributed by atoms with Gasteiger partial charge in [-0.25, -0.2) is 0 Å². The van der Waals surface area contributed by atoms with Crippen LogP contribution < -0.4 is 5.32 Å². The summed E-state index contributed by atoms with van der Waals surface area (Å²) in [6.45, 7) is 4.62. The van der Waals surface area contributed by atoms with Crippen molar-refractivity contribution in [3.8, 4) is 0 Å². The average Bonchev–Trinajstić information content (AvgIpc) is 2.47. The first kappa shape index (κ1) is 15.8. The van der Waals surface area contributed by atoms with Crippen molar-refractivity contribution in [1.29, 1.82) is 0 Å². The molecule has 4 nitrogen and oxygen atoms in total. The van der Waals surface area contributed by atoms with Gasteiger partial charge in [-0.05, 0) is 63.5 Å². The normalized spacial score (nSPS) is 20.9. The fourth-order valence-corrected chi connectivity index (χ4v) is 2.96. The zero-order chi connectivity index (χ0) is 15.4. The summed E-state index contributed by atoms with van der Waals surface area (Å²) in [7, 11) is 5.74. The number of rotatable bonds is 4. The molecular formula is C17H27N3O. The Hall–Kier alpha value is -1.55. The van der Waals surface area contributed by atoms with Crippen LogP contribution in [-0.2, 0) is 0 Å². The molecule has 0 saturated carbocycles. The van der Waals surface area contributed by atoms with Gasteiger partial charge in [0.1, 0.15) is 0 Å². The molecule has 1 heterocycles. The van der Waals surface area contributed by atoms with Gasteiger partial charge in [0.2, 0.25) is 0 Å². The fourth-order valence-electron chi connectivity index (χ4n) is 2.96. The van der Waals surface area contributed by atoms with Gasteiger partial charge in [-0.15, -0.1) is 0 Å². The first-order valence-electron chi connectivity index (χ1n) is 7.74. The number of nitrogens with zero attached hydrogens (tertiary/aromatic N) is 2. The molecule has 2 rings (SSSR count). The molecule has 1 aromatic carbocycles. The van der Waals surface area contributed by atoms with E-state index in [-0.39, 0.29) is 5.91 Å². The molecule has 0 spiro atoms. The Morgan fingerprint density at radius 1 is 1.33 bits per heavy atom. The van der Waals surface area contributed by atoms with Crippen molar-refractivity contribution in [3.05, 3.63) is 29.8 Å². The van der Waals surface area contributed by atoms with Crippen molar-refractivity contribution in [2.24, 2.45) is 5.92 Å². The zero-order valence-corrected chi connectivity index (χ0v) is 13.6. The number of carbonyl (C=O) groups is 1. The van der Waals surface area contributed by atoms with Crippen LogP contribution in [0.2, 0.25) is 0 Å². The third kappa shape index (κ3) is 4.21. The highest BCUT2D eigenvalue weighted by atomic mass is 16.2. The molecule has 21 heavy (non-hydrogen) atoms. The SMILES string of the molecule is CC(Nc1ccc(C(=O)N(C)C)cc1)C1CCCN(C)C1. The molecule has 1 aliphatic rings.